The second-order valence-corrected chi connectivity index (χ2v) is 11.7. The highest BCUT2D eigenvalue weighted by Gasteiger charge is 2.31. The molecule has 0 aromatic heterocycles. The van der Waals surface area contributed by atoms with Crippen LogP contribution in [0.3, 0.4) is 0 Å². The molecule has 2 atom stereocenters. The summed E-state index contributed by atoms with van der Waals surface area (Å²) in [5.41, 5.74) is 1.13. The zero-order valence-electron chi connectivity index (χ0n) is 22.7. The minimum absolute atomic E-state index is 0.149. The Morgan fingerprint density at radius 2 is 1.64 bits per heavy atom. The van der Waals surface area contributed by atoms with Gasteiger partial charge in [0.05, 0.1) is 6.10 Å². The van der Waals surface area contributed by atoms with Crippen LogP contribution in [0.5, 0.6) is 0 Å². The van der Waals surface area contributed by atoms with Crippen molar-refractivity contribution in [1.82, 2.24) is 0 Å². The van der Waals surface area contributed by atoms with Gasteiger partial charge in [0.2, 0.25) is 0 Å². The van der Waals surface area contributed by atoms with Gasteiger partial charge >= 0.3 is 0 Å². The van der Waals surface area contributed by atoms with Gasteiger partial charge in [-0.1, -0.05) is 56.2 Å². The maximum absolute atomic E-state index is 15.1. The van der Waals surface area contributed by atoms with E-state index in [2.05, 4.69) is 31.2 Å². The van der Waals surface area contributed by atoms with Gasteiger partial charge in [0.25, 0.3) is 0 Å². The van der Waals surface area contributed by atoms with Crippen molar-refractivity contribution in [3.8, 4) is 0 Å². The lowest BCUT2D eigenvalue weighted by Crippen LogP contribution is -2.25. The fraction of sp³-hybridized carbons (Fsp3) is 0.697. The van der Waals surface area contributed by atoms with E-state index in [1.165, 1.54) is 44.9 Å². The molecule has 0 spiro atoms. The average molecular weight is 499 g/mol. The topological polar surface area (TPSA) is 9.23 Å². The standard InChI is InChI=1S/C33H48F2O/c1-3-7-24-10-12-25(13-11-24)8-5-6-9-29-20-23-31(33(35)32(29)34)28-16-14-26(15-17-28)27-18-21-30(22-19-27)36-4-2/h5,8,18,20-21,23-28,30H,3-4,6-7,9-17,19,22H2,1-2H3/b8-5+. The van der Waals surface area contributed by atoms with Gasteiger partial charge in [-0.15, -0.1) is 0 Å². The van der Waals surface area contributed by atoms with Gasteiger partial charge in [0.1, 0.15) is 0 Å². The lowest BCUT2D eigenvalue weighted by atomic mass is 9.71. The summed E-state index contributed by atoms with van der Waals surface area (Å²) < 4.78 is 35.8. The number of hydrogen-bond donors (Lipinski definition) is 0. The third-order valence-electron chi connectivity index (χ3n) is 9.32. The predicted octanol–water partition coefficient (Wildman–Crippen LogP) is 9.71. The zero-order chi connectivity index (χ0) is 25.3. The van der Waals surface area contributed by atoms with E-state index in [0.717, 1.165) is 51.0 Å². The zero-order valence-corrected chi connectivity index (χ0v) is 22.7. The quantitative estimate of drug-likeness (QED) is 0.292. The lowest BCUT2D eigenvalue weighted by molar-refractivity contribution is 0.0762. The molecule has 2 unspecified atom stereocenters. The third-order valence-corrected chi connectivity index (χ3v) is 9.32. The van der Waals surface area contributed by atoms with E-state index in [0.29, 0.717) is 35.3 Å². The van der Waals surface area contributed by atoms with Crippen LogP contribution < -0.4 is 0 Å². The first-order valence-electron chi connectivity index (χ1n) is 15.0. The second-order valence-electron chi connectivity index (χ2n) is 11.7. The highest BCUT2D eigenvalue weighted by atomic mass is 19.2. The third kappa shape index (κ3) is 7.30. The van der Waals surface area contributed by atoms with E-state index in [4.69, 9.17) is 4.74 Å². The molecule has 3 aliphatic rings. The second kappa shape index (κ2) is 13.9. The Morgan fingerprint density at radius 1 is 0.861 bits per heavy atom. The number of ether oxygens (including phenoxy) is 1. The first kappa shape index (κ1) is 27.6. The average Bonchev–Trinajstić information content (AvgIpc) is 2.91. The molecule has 0 radical (unpaired) electrons. The van der Waals surface area contributed by atoms with Crippen molar-refractivity contribution in [2.24, 2.45) is 23.7 Å². The van der Waals surface area contributed by atoms with E-state index in [9.17, 15) is 4.39 Å². The monoisotopic (exact) mass is 498 g/mol. The smallest absolute Gasteiger partial charge is 0.162 e. The summed E-state index contributed by atoms with van der Waals surface area (Å²) >= 11 is 0. The van der Waals surface area contributed by atoms with Crippen LogP contribution in [0.25, 0.3) is 0 Å². The molecule has 1 nitrogen and oxygen atoms in total. The van der Waals surface area contributed by atoms with Crippen LogP contribution in [0.15, 0.2) is 36.4 Å². The largest absolute Gasteiger partial charge is 0.374 e. The minimum Gasteiger partial charge on any atom is -0.374 e. The molecule has 0 heterocycles. The molecule has 2 saturated carbocycles. The lowest BCUT2D eigenvalue weighted by Gasteiger charge is -2.35. The Balaban J connectivity index is 1.24. The molecular formula is C33H48F2O. The SMILES string of the molecule is CCCC1CCC(/C=C/CCc2ccc(C3CCC(C4C=CC(OCC)CC4)CC3)c(F)c2F)CC1. The molecule has 3 heteroatoms. The Morgan fingerprint density at radius 3 is 2.31 bits per heavy atom. The Hall–Kier alpha value is -1.48. The van der Waals surface area contributed by atoms with E-state index in [1.54, 1.807) is 0 Å². The van der Waals surface area contributed by atoms with Crippen LogP contribution in [0, 0.1) is 35.3 Å². The first-order valence-corrected chi connectivity index (χ1v) is 15.0. The first-order chi connectivity index (χ1) is 17.6. The molecule has 1 aromatic rings. The molecule has 0 N–H and O–H groups in total. The van der Waals surface area contributed by atoms with Gasteiger partial charge in [0, 0.05) is 6.61 Å². The molecule has 2 fully saturated rings. The summed E-state index contributed by atoms with van der Waals surface area (Å²) in [6.45, 7) is 5.09. The highest BCUT2D eigenvalue weighted by Crippen LogP contribution is 2.42. The molecule has 200 valence electrons. The summed E-state index contributed by atoms with van der Waals surface area (Å²) in [7, 11) is 0. The summed E-state index contributed by atoms with van der Waals surface area (Å²) in [6, 6.07) is 3.73. The highest BCUT2D eigenvalue weighted by molar-refractivity contribution is 5.30. The predicted molar refractivity (Wildman–Crippen MR) is 146 cm³/mol. The summed E-state index contributed by atoms with van der Waals surface area (Å²) in [5, 5.41) is 0. The number of aryl methyl sites for hydroxylation is 1. The Bertz CT molecular complexity index is 859. The van der Waals surface area contributed by atoms with Crippen molar-refractivity contribution >= 4 is 0 Å². The van der Waals surface area contributed by atoms with E-state index in [-0.39, 0.29) is 12.0 Å². The van der Waals surface area contributed by atoms with Gasteiger partial charge in [0.15, 0.2) is 11.6 Å². The maximum atomic E-state index is 15.1. The maximum Gasteiger partial charge on any atom is 0.162 e. The molecule has 0 aliphatic heterocycles. The van der Waals surface area contributed by atoms with Gasteiger partial charge < -0.3 is 4.74 Å². The molecule has 0 saturated heterocycles. The molecule has 0 amide bonds. The van der Waals surface area contributed by atoms with Crippen molar-refractivity contribution in [2.45, 2.75) is 116 Å². The normalized spacial score (nSPS) is 31.2. The van der Waals surface area contributed by atoms with Crippen LogP contribution in [-0.2, 0) is 11.2 Å². The van der Waals surface area contributed by atoms with E-state index in [1.807, 2.05) is 19.1 Å². The van der Waals surface area contributed by atoms with E-state index < -0.39 is 11.6 Å². The van der Waals surface area contributed by atoms with Crippen molar-refractivity contribution in [3.63, 3.8) is 0 Å². The van der Waals surface area contributed by atoms with Crippen LogP contribution >= 0.6 is 0 Å². The molecule has 4 rings (SSSR count). The van der Waals surface area contributed by atoms with Gasteiger partial charge in [-0.05, 0) is 125 Å². The molecular weight excluding hydrogens is 450 g/mol. The van der Waals surface area contributed by atoms with Gasteiger partial charge in [-0.25, -0.2) is 8.78 Å². The summed E-state index contributed by atoms with van der Waals surface area (Å²) in [6.07, 6.45) is 25.1. The number of hydrogen-bond acceptors (Lipinski definition) is 1. The summed E-state index contributed by atoms with van der Waals surface area (Å²) in [4.78, 5) is 0. The number of rotatable bonds is 10. The van der Waals surface area contributed by atoms with Gasteiger partial charge in [-0.3, -0.25) is 0 Å². The fourth-order valence-corrected chi connectivity index (χ4v) is 7.14. The molecule has 1 aromatic carbocycles. The number of allylic oxidation sites excluding steroid dienone is 3. The summed E-state index contributed by atoms with van der Waals surface area (Å²) in [5.74, 6) is 1.82. The van der Waals surface area contributed by atoms with Crippen LogP contribution in [-0.4, -0.2) is 12.7 Å². The van der Waals surface area contributed by atoms with Crippen molar-refractivity contribution in [1.29, 1.82) is 0 Å². The molecule has 3 aliphatic carbocycles. The number of benzene rings is 1. The number of halogens is 2. The molecule has 36 heavy (non-hydrogen) atoms. The van der Waals surface area contributed by atoms with Crippen LogP contribution in [0.1, 0.15) is 114 Å². The Labute approximate surface area is 218 Å². The van der Waals surface area contributed by atoms with Crippen molar-refractivity contribution in [3.05, 3.63) is 59.2 Å². The van der Waals surface area contributed by atoms with Crippen molar-refractivity contribution in [2.75, 3.05) is 6.61 Å². The van der Waals surface area contributed by atoms with Crippen LogP contribution in [0.2, 0.25) is 0 Å². The van der Waals surface area contributed by atoms with Gasteiger partial charge in [-0.2, -0.15) is 0 Å². The molecule has 0 bridgehead atoms. The van der Waals surface area contributed by atoms with Crippen molar-refractivity contribution < 1.29 is 13.5 Å². The Kier molecular flexibility index (Phi) is 10.6. The van der Waals surface area contributed by atoms with Crippen LogP contribution in [0.4, 0.5) is 8.78 Å². The van der Waals surface area contributed by atoms with E-state index >= 15 is 4.39 Å². The minimum atomic E-state index is -0.611. The fourth-order valence-electron chi connectivity index (χ4n) is 7.14.